The van der Waals surface area contributed by atoms with E-state index >= 15 is 0 Å². The van der Waals surface area contributed by atoms with Gasteiger partial charge in [0.05, 0.1) is 17.4 Å². The fraction of sp³-hybridized carbons (Fsp3) is 0.467. The Kier molecular flexibility index (Phi) is 6.65. The van der Waals surface area contributed by atoms with Crippen LogP contribution in [0.25, 0.3) is 0 Å². The van der Waals surface area contributed by atoms with E-state index in [2.05, 4.69) is 4.98 Å². The minimum Gasteiger partial charge on any atom is -0.483 e. The van der Waals surface area contributed by atoms with Crippen LogP contribution >= 0.6 is 0 Å². The van der Waals surface area contributed by atoms with E-state index in [1.165, 1.54) is 4.90 Å². The molecule has 0 aromatic carbocycles. The first-order valence-electron chi connectivity index (χ1n) is 7.04. The highest BCUT2D eigenvalue weighted by molar-refractivity contribution is 5.95. The van der Waals surface area contributed by atoms with Crippen LogP contribution in [0.1, 0.15) is 28.2 Å². The maximum atomic E-state index is 12.4. The van der Waals surface area contributed by atoms with Crippen molar-refractivity contribution in [1.29, 1.82) is 0 Å². The molecule has 0 unspecified atom stereocenters. The molecule has 2 atom stereocenters. The number of carboxylic acid groups (broad SMARTS) is 2. The molecular formula is C15H20N2O6. The van der Waals surface area contributed by atoms with Crippen molar-refractivity contribution in [3.05, 3.63) is 29.1 Å². The lowest BCUT2D eigenvalue weighted by Gasteiger charge is -2.34. The number of aliphatic carboxylic acids is 1. The molecule has 1 fully saturated rings. The Morgan fingerprint density at radius 2 is 1.96 bits per heavy atom. The minimum atomic E-state index is -1.08. The number of hydrogen-bond acceptors (Lipinski definition) is 5. The lowest BCUT2D eigenvalue weighted by atomic mass is 9.94. The van der Waals surface area contributed by atoms with E-state index in [0.717, 1.165) is 5.69 Å². The molecule has 23 heavy (non-hydrogen) atoms. The number of aliphatic hydroxyl groups excluding tert-OH is 1. The van der Waals surface area contributed by atoms with E-state index in [9.17, 15) is 14.7 Å². The van der Waals surface area contributed by atoms with E-state index in [1.807, 2.05) is 6.92 Å². The number of piperidine rings is 1. The van der Waals surface area contributed by atoms with Crippen LogP contribution in [0.3, 0.4) is 0 Å². The summed E-state index contributed by atoms with van der Waals surface area (Å²) >= 11 is 0. The molecule has 126 valence electrons. The van der Waals surface area contributed by atoms with Crippen molar-refractivity contribution in [2.75, 3.05) is 13.1 Å². The van der Waals surface area contributed by atoms with Gasteiger partial charge in [0.25, 0.3) is 12.4 Å². The molecule has 3 N–H and O–H groups in total. The first-order chi connectivity index (χ1) is 10.8. The monoisotopic (exact) mass is 324 g/mol. The van der Waals surface area contributed by atoms with Crippen LogP contribution < -0.4 is 0 Å². The highest BCUT2D eigenvalue weighted by Crippen LogP contribution is 2.20. The van der Waals surface area contributed by atoms with Crippen molar-refractivity contribution >= 4 is 18.3 Å². The van der Waals surface area contributed by atoms with Crippen LogP contribution in [0.4, 0.5) is 0 Å². The van der Waals surface area contributed by atoms with Gasteiger partial charge < -0.3 is 20.2 Å². The third kappa shape index (κ3) is 4.75. The SMILES string of the molecule is Cc1ccc(C(=O)N2CC[C@@H](O)[C@H](C(=O)O)C2)c(C)n1.O=CO. The molecule has 1 saturated heterocycles. The largest absolute Gasteiger partial charge is 0.483 e. The molecular weight excluding hydrogens is 304 g/mol. The van der Waals surface area contributed by atoms with E-state index in [-0.39, 0.29) is 25.3 Å². The Bertz CT molecular complexity index is 589. The summed E-state index contributed by atoms with van der Waals surface area (Å²) in [4.78, 5) is 37.6. The van der Waals surface area contributed by atoms with Crippen molar-refractivity contribution in [2.45, 2.75) is 26.4 Å². The summed E-state index contributed by atoms with van der Waals surface area (Å²) < 4.78 is 0. The second-order valence-electron chi connectivity index (χ2n) is 5.24. The minimum absolute atomic E-state index is 0.0304. The van der Waals surface area contributed by atoms with E-state index in [1.54, 1.807) is 19.1 Å². The summed E-state index contributed by atoms with van der Waals surface area (Å²) in [5.74, 6) is -2.23. The lowest BCUT2D eigenvalue weighted by Crippen LogP contribution is -2.48. The molecule has 1 amide bonds. The Morgan fingerprint density at radius 1 is 1.35 bits per heavy atom. The van der Waals surface area contributed by atoms with E-state index in [0.29, 0.717) is 17.8 Å². The number of carbonyl (C=O) groups is 3. The van der Waals surface area contributed by atoms with Gasteiger partial charge in [-0.1, -0.05) is 0 Å². The zero-order chi connectivity index (χ0) is 17.6. The Labute approximate surface area is 133 Å². The van der Waals surface area contributed by atoms with Crippen LogP contribution in [0.15, 0.2) is 12.1 Å². The standard InChI is InChI=1S/C14H18N2O4.CH2O2/c1-8-3-4-10(9(2)15-8)13(18)16-6-5-12(17)11(7-16)14(19)20;2-1-3/h3-4,11-12,17H,5-7H2,1-2H3,(H,19,20);1H,(H,2,3)/t11-,12-;/m1./s1. The van der Waals surface area contributed by atoms with Crippen molar-refractivity contribution in [3.8, 4) is 0 Å². The predicted octanol–water partition coefficient (Wildman–Crippen LogP) is 0.307. The summed E-state index contributed by atoms with van der Waals surface area (Å²) in [6.07, 6.45) is -0.616. The van der Waals surface area contributed by atoms with Crippen molar-refractivity contribution in [3.63, 3.8) is 0 Å². The highest BCUT2D eigenvalue weighted by Gasteiger charge is 2.35. The van der Waals surface area contributed by atoms with Gasteiger partial charge in [-0.25, -0.2) is 0 Å². The second-order valence-corrected chi connectivity index (χ2v) is 5.24. The Morgan fingerprint density at radius 3 is 2.48 bits per heavy atom. The van der Waals surface area contributed by atoms with Gasteiger partial charge in [-0.3, -0.25) is 19.4 Å². The number of pyridine rings is 1. The fourth-order valence-electron chi connectivity index (χ4n) is 2.45. The summed E-state index contributed by atoms with van der Waals surface area (Å²) in [6.45, 7) is 3.74. The normalized spacial score (nSPS) is 20.2. The molecule has 8 nitrogen and oxygen atoms in total. The zero-order valence-corrected chi connectivity index (χ0v) is 13.0. The summed E-state index contributed by atoms with van der Waals surface area (Å²) in [6, 6.07) is 3.47. The molecule has 0 spiro atoms. The molecule has 1 aromatic heterocycles. The van der Waals surface area contributed by atoms with Crippen molar-refractivity contribution < 1.29 is 29.7 Å². The number of nitrogens with zero attached hydrogens (tertiary/aromatic N) is 2. The second kappa shape index (κ2) is 8.23. The summed E-state index contributed by atoms with van der Waals surface area (Å²) in [5.41, 5.74) is 1.95. The third-order valence-corrected chi connectivity index (χ3v) is 3.64. The molecule has 2 rings (SSSR count). The van der Waals surface area contributed by atoms with Gasteiger partial charge in [0.1, 0.15) is 5.92 Å². The van der Waals surface area contributed by atoms with Crippen LogP contribution in [0.2, 0.25) is 0 Å². The molecule has 0 aliphatic carbocycles. The molecule has 1 aliphatic rings. The van der Waals surface area contributed by atoms with Gasteiger partial charge in [-0.15, -0.1) is 0 Å². The van der Waals surface area contributed by atoms with Crippen LogP contribution in [0, 0.1) is 19.8 Å². The third-order valence-electron chi connectivity index (χ3n) is 3.64. The van der Waals surface area contributed by atoms with Gasteiger partial charge in [0, 0.05) is 18.8 Å². The first-order valence-corrected chi connectivity index (χ1v) is 7.04. The van der Waals surface area contributed by atoms with E-state index in [4.69, 9.17) is 15.0 Å². The van der Waals surface area contributed by atoms with Gasteiger partial charge >= 0.3 is 5.97 Å². The molecule has 1 aromatic rings. The first kappa shape index (κ1) is 18.6. The summed E-state index contributed by atoms with van der Waals surface area (Å²) in [7, 11) is 0. The molecule has 0 saturated carbocycles. The topological polar surface area (TPSA) is 128 Å². The fourth-order valence-corrected chi connectivity index (χ4v) is 2.45. The quantitative estimate of drug-likeness (QED) is 0.668. The van der Waals surface area contributed by atoms with Gasteiger partial charge in [0.2, 0.25) is 0 Å². The average molecular weight is 324 g/mol. The maximum absolute atomic E-state index is 12.4. The van der Waals surface area contributed by atoms with Gasteiger partial charge in [0.15, 0.2) is 0 Å². The van der Waals surface area contributed by atoms with E-state index < -0.39 is 18.0 Å². The zero-order valence-electron chi connectivity index (χ0n) is 13.0. The van der Waals surface area contributed by atoms with Gasteiger partial charge in [-0.2, -0.15) is 0 Å². The molecule has 0 bridgehead atoms. The number of hydrogen-bond donors (Lipinski definition) is 3. The predicted molar refractivity (Wildman–Crippen MR) is 80.1 cm³/mol. The van der Waals surface area contributed by atoms with Crippen LogP contribution in [-0.4, -0.2) is 62.7 Å². The Hall–Kier alpha value is -2.48. The Balaban J connectivity index is 0.000000816. The highest BCUT2D eigenvalue weighted by atomic mass is 16.4. The number of aryl methyl sites for hydroxylation is 2. The number of aliphatic hydroxyl groups is 1. The lowest BCUT2D eigenvalue weighted by molar-refractivity contribution is -0.148. The van der Waals surface area contributed by atoms with Crippen LogP contribution in [-0.2, 0) is 9.59 Å². The molecule has 2 heterocycles. The molecule has 8 heteroatoms. The van der Waals surface area contributed by atoms with Crippen molar-refractivity contribution in [1.82, 2.24) is 9.88 Å². The molecule has 0 radical (unpaired) electrons. The number of rotatable bonds is 2. The number of aromatic nitrogens is 1. The van der Waals surface area contributed by atoms with Crippen LogP contribution in [0.5, 0.6) is 0 Å². The van der Waals surface area contributed by atoms with Gasteiger partial charge in [-0.05, 0) is 32.4 Å². The smallest absolute Gasteiger partial charge is 0.310 e. The summed E-state index contributed by atoms with van der Waals surface area (Å²) in [5, 5.41) is 25.6. The molecule has 1 aliphatic heterocycles. The number of amides is 1. The maximum Gasteiger partial charge on any atom is 0.310 e. The number of carboxylic acids is 1. The average Bonchev–Trinajstić information content (AvgIpc) is 2.47. The number of carbonyl (C=O) groups excluding carboxylic acids is 1. The van der Waals surface area contributed by atoms with Crippen molar-refractivity contribution in [2.24, 2.45) is 5.92 Å². The number of likely N-dealkylation sites (tertiary alicyclic amines) is 1.